The van der Waals surface area contributed by atoms with Crippen molar-refractivity contribution in [2.24, 2.45) is 11.3 Å². The third-order valence-corrected chi connectivity index (χ3v) is 4.96. The Morgan fingerprint density at radius 1 is 1.25 bits per heavy atom. The molecule has 0 aromatic heterocycles. The second kappa shape index (κ2) is 5.76. The molecule has 112 valence electrons. The number of hydrogen-bond donors (Lipinski definition) is 1. The van der Waals surface area contributed by atoms with Crippen LogP contribution < -0.4 is 5.32 Å². The summed E-state index contributed by atoms with van der Waals surface area (Å²) in [6.07, 6.45) is 3.52. The van der Waals surface area contributed by atoms with Crippen LogP contribution in [0.2, 0.25) is 0 Å². The van der Waals surface area contributed by atoms with Crippen molar-refractivity contribution in [3.8, 4) is 0 Å². The van der Waals surface area contributed by atoms with Gasteiger partial charge in [0.05, 0.1) is 0 Å². The predicted octanol–water partition coefficient (Wildman–Crippen LogP) is 4.94. The van der Waals surface area contributed by atoms with Gasteiger partial charge in [0.1, 0.15) is 5.82 Å². The molecule has 1 aromatic carbocycles. The molecule has 2 rings (SSSR count). The molecular formula is C17H25BrFN. The van der Waals surface area contributed by atoms with E-state index in [1.165, 1.54) is 18.9 Å². The van der Waals surface area contributed by atoms with Crippen LogP contribution in [0.15, 0.2) is 22.7 Å². The van der Waals surface area contributed by atoms with Gasteiger partial charge in [-0.15, -0.1) is 0 Å². The molecule has 0 spiro atoms. The van der Waals surface area contributed by atoms with Gasteiger partial charge in [-0.1, -0.05) is 22.9 Å². The summed E-state index contributed by atoms with van der Waals surface area (Å²) in [5.41, 5.74) is 1.40. The van der Waals surface area contributed by atoms with E-state index in [4.69, 9.17) is 0 Å². The van der Waals surface area contributed by atoms with Gasteiger partial charge in [-0.3, -0.25) is 0 Å². The van der Waals surface area contributed by atoms with Gasteiger partial charge in [-0.2, -0.15) is 0 Å². The highest BCUT2D eigenvalue weighted by molar-refractivity contribution is 9.10. The van der Waals surface area contributed by atoms with Gasteiger partial charge in [0.2, 0.25) is 0 Å². The van der Waals surface area contributed by atoms with E-state index in [0.29, 0.717) is 0 Å². The van der Waals surface area contributed by atoms with Gasteiger partial charge in [-0.05, 0) is 75.1 Å². The van der Waals surface area contributed by atoms with Crippen LogP contribution in [-0.2, 0) is 6.42 Å². The lowest BCUT2D eigenvalue weighted by Gasteiger charge is -2.34. The SMILES string of the molecule is CC(C)(C)NCC(C)(Cc1cc(F)ccc1Br)C1CC1. The maximum atomic E-state index is 13.5. The van der Waals surface area contributed by atoms with Gasteiger partial charge in [0.25, 0.3) is 0 Å². The first-order valence-electron chi connectivity index (χ1n) is 7.39. The number of nitrogens with one attached hydrogen (secondary N) is 1. The van der Waals surface area contributed by atoms with Gasteiger partial charge in [0, 0.05) is 16.6 Å². The minimum Gasteiger partial charge on any atom is -0.312 e. The first-order valence-corrected chi connectivity index (χ1v) is 8.18. The Hall–Kier alpha value is -0.410. The van der Waals surface area contributed by atoms with E-state index in [1.807, 2.05) is 6.07 Å². The van der Waals surface area contributed by atoms with E-state index < -0.39 is 0 Å². The minimum atomic E-state index is -0.148. The Morgan fingerprint density at radius 2 is 1.90 bits per heavy atom. The third kappa shape index (κ3) is 4.29. The second-order valence-corrected chi connectivity index (χ2v) is 8.30. The molecule has 1 unspecified atom stereocenters. The summed E-state index contributed by atoms with van der Waals surface area (Å²) in [4.78, 5) is 0. The molecule has 0 saturated heterocycles. The molecule has 0 aliphatic heterocycles. The zero-order valence-electron chi connectivity index (χ0n) is 12.9. The van der Waals surface area contributed by atoms with Crippen molar-refractivity contribution in [3.05, 3.63) is 34.1 Å². The number of rotatable bonds is 5. The van der Waals surface area contributed by atoms with Crippen molar-refractivity contribution in [2.75, 3.05) is 6.54 Å². The van der Waals surface area contributed by atoms with E-state index in [0.717, 1.165) is 28.9 Å². The molecule has 1 fully saturated rings. The Kier molecular flexibility index (Phi) is 4.60. The molecular weight excluding hydrogens is 317 g/mol. The highest BCUT2D eigenvalue weighted by atomic mass is 79.9. The van der Waals surface area contributed by atoms with Gasteiger partial charge in [0.15, 0.2) is 0 Å². The minimum absolute atomic E-state index is 0.120. The largest absolute Gasteiger partial charge is 0.312 e. The van der Waals surface area contributed by atoms with Crippen LogP contribution in [0.3, 0.4) is 0 Å². The van der Waals surface area contributed by atoms with Crippen molar-refractivity contribution in [1.29, 1.82) is 0 Å². The lowest BCUT2D eigenvalue weighted by molar-refractivity contribution is 0.227. The van der Waals surface area contributed by atoms with Crippen LogP contribution in [-0.4, -0.2) is 12.1 Å². The average molecular weight is 342 g/mol. The third-order valence-electron chi connectivity index (χ3n) is 4.19. The van der Waals surface area contributed by atoms with Crippen molar-refractivity contribution < 1.29 is 4.39 Å². The first kappa shape index (κ1) is 16.0. The van der Waals surface area contributed by atoms with E-state index in [-0.39, 0.29) is 16.8 Å². The standard InChI is InChI=1S/C17H25BrFN/c1-16(2,3)20-11-17(4,13-5-6-13)10-12-9-14(19)7-8-15(12)18/h7-9,13,20H,5-6,10-11H2,1-4H3. The molecule has 1 aliphatic carbocycles. The maximum absolute atomic E-state index is 13.5. The molecule has 1 aliphatic rings. The summed E-state index contributed by atoms with van der Waals surface area (Å²) in [7, 11) is 0. The van der Waals surface area contributed by atoms with Gasteiger partial charge in [-0.25, -0.2) is 4.39 Å². The van der Waals surface area contributed by atoms with Crippen LogP contribution >= 0.6 is 15.9 Å². The molecule has 1 N–H and O–H groups in total. The van der Waals surface area contributed by atoms with E-state index in [1.54, 1.807) is 6.07 Å². The summed E-state index contributed by atoms with van der Waals surface area (Å²) in [6.45, 7) is 9.89. The fourth-order valence-electron chi connectivity index (χ4n) is 2.71. The molecule has 1 nitrogen and oxygen atoms in total. The van der Waals surface area contributed by atoms with E-state index >= 15 is 0 Å². The lowest BCUT2D eigenvalue weighted by atomic mass is 9.78. The number of hydrogen-bond acceptors (Lipinski definition) is 1. The predicted molar refractivity (Wildman–Crippen MR) is 86.4 cm³/mol. The molecule has 3 heteroatoms. The van der Waals surface area contributed by atoms with Gasteiger partial charge < -0.3 is 5.32 Å². The number of benzene rings is 1. The summed E-state index contributed by atoms with van der Waals surface area (Å²) < 4.78 is 14.5. The monoisotopic (exact) mass is 341 g/mol. The van der Waals surface area contributed by atoms with Crippen molar-refractivity contribution in [3.63, 3.8) is 0 Å². The molecule has 1 atom stereocenters. The second-order valence-electron chi connectivity index (χ2n) is 7.44. The Balaban J connectivity index is 2.14. The fraction of sp³-hybridized carbons (Fsp3) is 0.647. The van der Waals surface area contributed by atoms with Crippen molar-refractivity contribution in [1.82, 2.24) is 5.32 Å². The van der Waals surface area contributed by atoms with Crippen molar-refractivity contribution >= 4 is 15.9 Å². The average Bonchev–Trinajstić information content (AvgIpc) is 3.15. The highest BCUT2D eigenvalue weighted by Crippen LogP contribution is 2.47. The number of halogens is 2. The molecule has 0 bridgehead atoms. The Labute approximate surface area is 130 Å². The maximum Gasteiger partial charge on any atom is 0.123 e. The molecule has 0 amide bonds. The smallest absolute Gasteiger partial charge is 0.123 e. The summed E-state index contributed by atoms with van der Waals surface area (Å²) >= 11 is 3.56. The van der Waals surface area contributed by atoms with Crippen LogP contribution in [0.25, 0.3) is 0 Å². The zero-order chi connectivity index (χ0) is 15.0. The molecule has 1 saturated carbocycles. The summed E-state index contributed by atoms with van der Waals surface area (Å²) in [5, 5.41) is 3.63. The molecule has 20 heavy (non-hydrogen) atoms. The molecule has 0 radical (unpaired) electrons. The van der Waals surface area contributed by atoms with E-state index in [9.17, 15) is 4.39 Å². The van der Waals surface area contributed by atoms with Crippen LogP contribution in [0.5, 0.6) is 0 Å². The van der Waals surface area contributed by atoms with E-state index in [2.05, 4.69) is 48.9 Å². The first-order chi connectivity index (χ1) is 9.20. The zero-order valence-corrected chi connectivity index (χ0v) is 14.5. The quantitative estimate of drug-likeness (QED) is 0.800. The van der Waals surface area contributed by atoms with Crippen LogP contribution in [0, 0.1) is 17.2 Å². The van der Waals surface area contributed by atoms with Gasteiger partial charge >= 0.3 is 0 Å². The molecule has 1 aromatic rings. The van der Waals surface area contributed by atoms with Crippen LogP contribution in [0.4, 0.5) is 4.39 Å². The summed E-state index contributed by atoms with van der Waals surface area (Å²) in [6, 6.07) is 4.99. The highest BCUT2D eigenvalue weighted by Gasteiger charge is 2.42. The van der Waals surface area contributed by atoms with Crippen molar-refractivity contribution in [2.45, 2.75) is 52.5 Å². The van der Waals surface area contributed by atoms with Crippen LogP contribution in [0.1, 0.15) is 46.1 Å². The Morgan fingerprint density at radius 3 is 2.45 bits per heavy atom. The Bertz CT molecular complexity index is 476. The fourth-order valence-corrected chi connectivity index (χ4v) is 3.10. The lowest BCUT2D eigenvalue weighted by Crippen LogP contribution is -2.44. The summed E-state index contributed by atoms with van der Waals surface area (Å²) in [5.74, 6) is 0.609. The normalized spacial score (nSPS) is 18.9. The topological polar surface area (TPSA) is 12.0 Å². The molecule has 0 heterocycles.